The van der Waals surface area contributed by atoms with E-state index < -0.39 is 0 Å². The highest BCUT2D eigenvalue weighted by atomic mass is 35.5. The van der Waals surface area contributed by atoms with Gasteiger partial charge in [-0.15, -0.1) is 0 Å². The molecule has 0 fully saturated rings. The molecule has 0 aliphatic rings. The Labute approximate surface area is 133 Å². The van der Waals surface area contributed by atoms with Crippen molar-refractivity contribution < 1.29 is 4.39 Å². The monoisotopic (exact) mass is 327 g/mol. The Hall–Kier alpha value is -1.52. The molecule has 1 aromatic heterocycles. The van der Waals surface area contributed by atoms with E-state index in [0.29, 0.717) is 27.4 Å². The van der Waals surface area contributed by atoms with Crippen molar-refractivity contribution in [2.24, 2.45) is 0 Å². The van der Waals surface area contributed by atoms with Gasteiger partial charge in [-0.1, -0.05) is 36.2 Å². The Morgan fingerprint density at radius 3 is 2.57 bits per heavy atom. The minimum absolute atomic E-state index is 0.322. The van der Waals surface area contributed by atoms with E-state index in [2.05, 4.69) is 15.6 Å². The molecule has 6 heteroatoms. The Balaban J connectivity index is 2.32. The number of rotatable bonds is 5. The molecule has 0 saturated heterocycles. The average molecular weight is 328 g/mol. The molecule has 0 unspecified atom stereocenters. The van der Waals surface area contributed by atoms with Crippen molar-refractivity contribution in [1.82, 2.24) is 4.98 Å². The largest absolute Gasteiger partial charge is 0.369 e. The van der Waals surface area contributed by atoms with E-state index in [-0.39, 0.29) is 5.82 Å². The third kappa shape index (κ3) is 3.99. The molecule has 2 N–H and O–H groups in total. The second kappa shape index (κ2) is 6.96. The van der Waals surface area contributed by atoms with Crippen LogP contribution < -0.4 is 10.6 Å². The summed E-state index contributed by atoms with van der Waals surface area (Å²) >= 11 is 12.2. The zero-order valence-corrected chi connectivity index (χ0v) is 13.3. The number of anilines is 3. The van der Waals surface area contributed by atoms with Gasteiger partial charge in [0.15, 0.2) is 5.82 Å². The lowest BCUT2D eigenvalue weighted by molar-refractivity contribution is 0.628. The van der Waals surface area contributed by atoms with Crippen LogP contribution in [-0.4, -0.2) is 11.5 Å². The summed E-state index contributed by atoms with van der Waals surface area (Å²) in [6, 6.07) is 6.12. The third-order valence-electron chi connectivity index (χ3n) is 2.92. The van der Waals surface area contributed by atoms with Crippen LogP contribution in [-0.2, 0) is 0 Å². The highest BCUT2D eigenvalue weighted by Crippen LogP contribution is 2.32. The minimum Gasteiger partial charge on any atom is -0.369 e. The number of nitrogens with zero attached hydrogens (tertiary/aromatic N) is 1. The van der Waals surface area contributed by atoms with E-state index >= 15 is 0 Å². The van der Waals surface area contributed by atoms with Gasteiger partial charge in [-0.3, -0.25) is 0 Å². The molecule has 0 aliphatic carbocycles. The topological polar surface area (TPSA) is 37.0 Å². The van der Waals surface area contributed by atoms with Gasteiger partial charge in [-0.25, -0.2) is 9.37 Å². The lowest BCUT2D eigenvalue weighted by Gasteiger charge is -2.13. The Kier molecular flexibility index (Phi) is 5.26. The summed E-state index contributed by atoms with van der Waals surface area (Å²) in [6.07, 6.45) is 0.951. The van der Waals surface area contributed by atoms with Crippen molar-refractivity contribution in [2.45, 2.75) is 20.3 Å². The maximum atomic E-state index is 13.3. The fraction of sp³-hybridized carbons (Fsp3) is 0.267. The van der Waals surface area contributed by atoms with E-state index in [0.717, 1.165) is 18.5 Å². The molecule has 0 radical (unpaired) electrons. The van der Waals surface area contributed by atoms with Crippen LogP contribution in [0, 0.1) is 12.7 Å². The molecule has 0 bridgehead atoms. The zero-order chi connectivity index (χ0) is 15.4. The van der Waals surface area contributed by atoms with Crippen molar-refractivity contribution in [2.75, 3.05) is 17.2 Å². The fourth-order valence-corrected chi connectivity index (χ4v) is 2.25. The smallest absolute Gasteiger partial charge is 0.151 e. The van der Waals surface area contributed by atoms with Gasteiger partial charge < -0.3 is 10.6 Å². The molecule has 0 amide bonds. The number of benzene rings is 1. The van der Waals surface area contributed by atoms with E-state index in [9.17, 15) is 4.39 Å². The zero-order valence-electron chi connectivity index (χ0n) is 11.8. The van der Waals surface area contributed by atoms with Gasteiger partial charge in [0.1, 0.15) is 11.6 Å². The Bertz CT molecular complexity index is 647. The quantitative estimate of drug-likeness (QED) is 0.771. The summed E-state index contributed by atoms with van der Waals surface area (Å²) in [5, 5.41) is 7.00. The van der Waals surface area contributed by atoms with Gasteiger partial charge in [-0.2, -0.15) is 0 Å². The second-order valence-electron chi connectivity index (χ2n) is 4.66. The van der Waals surface area contributed by atoms with Crippen molar-refractivity contribution >= 4 is 40.5 Å². The van der Waals surface area contributed by atoms with E-state index in [1.165, 1.54) is 12.1 Å². The van der Waals surface area contributed by atoms with Gasteiger partial charge in [0.25, 0.3) is 0 Å². The number of aromatic nitrogens is 1. The summed E-state index contributed by atoms with van der Waals surface area (Å²) in [6.45, 7) is 4.68. The van der Waals surface area contributed by atoms with Crippen molar-refractivity contribution in [1.29, 1.82) is 0 Å². The first-order chi connectivity index (χ1) is 10.0. The molecular formula is C15H16Cl2FN3. The molecule has 0 atom stereocenters. The normalized spacial score (nSPS) is 10.5. The molecular weight excluding hydrogens is 312 g/mol. The van der Waals surface area contributed by atoms with Crippen molar-refractivity contribution in [3.63, 3.8) is 0 Å². The first kappa shape index (κ1) is 15.9. The van der Waals surface area contributed by atoms with E-state index in [1.807, 2.05) is 13.8 Å². The number of aryl methyl sites for hydroxylation is 1. The number of halogens is 3. The van der Waals surface area contributed by atoms with Crippen LogP contribution in [0.15, 0.2) is 24.3 Å². The first-order valence-electron chi connectivity index (χ1n) is 6.64. The van der Waals surface area contributed by atoms with Gasteiger partial charge in [0.2, 0.25) is 0 Å². The predicted octanol–water partition coefficient (Wildman–Crippen LogP) is 5.40. The van der Waals surface area contributed by atoms with Gasteiger partial charge >= 0.3 is 0 Å². The summed E-state index contributed by atoms with van der Waals surface area (Å²) < 4.78 is 13.3. The van der Waals surface area contributed by atoms with Crippen molar-refractivity contribution in [3.8, 4) is 0 Å². The Morgan fingerprint density at radius 2 is 1.86 bits per heavy atom. The van der Waals surface area contributed by atoms with Gasteiger partial charge in [-0.05, 0) is 37.1 Å². The van der Waals surface area contributed by atoms with Crippen LogP contribution in [0.4, 0.5) is 21.7 Å². The number of nitrogens with one attached hydrogen (secondary N) is 2. The fourth-order valence-electron chi connectivity index (χ4n) is 1.78. The number of hydrogen-bond acceptors (Lipinski definition) is 3. The molecule has 3 nitrogen and oxygen atoms in total. The molecule has 112 valence electrons. The Morgan fingerprint density at radius 1 is 1.14 bits per heavy atom. The molecule has 1 heterocycles. The highest BCUT2D eigenvalue weighted by Gasteiger charge is 2.10. The summed E-state index contributed by atoms with van der Waals surface area (Å²) in [4.78, 5) is 4.37. The lowest BCUT2D eigenvalue weighted by Crippen LogP contribution is -2.05. The molecule has 2 rings (SSSR count). The minimum atomic E-state index is -0.322. The van der Waals surface area contributed by atoms with E-state index in [4.69, 9.17) is 23.2 Å². The van der Waals surface area contributed by atoms with Crippen LogP contribution in [0.3, 0.4) is 0 Å². The molecule has 0 saturated carbocycles. The highest BCUT2D eigenvalue weighted by molar-refractivity contribution is 6.37. The lowest BCUT2D eigenvalue weighted by atomic mass is 10.2. The van der Waals surface area contributed by atoms with Crippen molar-refractivity contribution in [3.05, 3.63) is 45.7 Å². The standard InChI is InChI=1S/C15H16Cl2FN3/c1-3-6-19-14-11(16)8-12(17)15(21-14)20-13-7-10(18)5-4-9(13)2/h4-5,7-8H,3,6H2,1-2H3,(H2,19,20,21). The van der Waals surface area contributed by atoms with Gasteiger partial charge in [0.05, 0.1) is 10.0 Å². The maximum Gasteiger partial charge on any atom is 0.151 e. The third-order valence-corrected chi connectivity index (χ3v) is 3.50. The average Bonchev–Trinajstić information content (AvgIpc) is 2.44. The molecule has 0 spiro atoms. The molecule has 1 aromatic carbocycles. The van der Waals surface area contributed by atoms with Crippen LogP contribution in [0.25, 0.3) is 0 Å². The van der Waals surface area contributed by atoms with Crippen LogP contribution in [0.5, 0.6) is 0 Å². The van der Waals surface area contributed by atoms with Gasteiger partial charge in [0, 0.05) is 12.2 Å². The maximum absolute atomic E-state index is 13.3. The van der Waals surface area contributed by atoms with Crippen LogP contribution >= 0.6 is 23.2 Å². The van der Waals surface area contributed by atoms with Crippen LogP contribution in [0.2, 0.25) is 10.0 Å². The van der Waals surface area contributed by atoms with E-state index in [1.54, 1.807) is 12.1 Å². The SMILES string of the molecule is CCCNc1nc(Nc2cc(F)ccc2C)c(Cl)cc1Cl. The summed E-state index contributed by atoms with van der Waals surface area (Å²) in [7, 11) is 0. The number of pyridine rings is 1. The number of hydrogen-bond donors (Lipinski definition) is 2. The first-order valence-corrected chi connectivity index (χ1v) is 7.40. The predicted molar refractivity (Wildman–Crippen MR) is 87.5 cm³/mol. The van der Waals surface area contributed by atoms with Crippen LogP contribution in [0.1, 0.15) is 18.9 Å². The summed E-state index contributed by atoms with van der Waals surface area (Å²) in [5.74, 6) is 0.672. The molecule has 21 heavy (non-hydrogen) atoms. The second-order valence-corrected chi connectivity index (χ2v) is 5.47. The molecule has 2 aromatic rings. The molecule has 0 aliphatic heterocycles. The summed E-state index contributed by atoms with van der Waals surface area (Å²) in [5.41, 5.74) is 1.51.